The van der Waals surface area contributed by atoms with Crippen LogP contribution in [0.15, 0.2) is 23.2 Å². The zero-order chi connectivity index (χ0) is 15.8. The molecule has 1 aliphatic rings. The van der Waals surface area contributed by atoms with Gasteiger partial charge < -0.3 is 20.5 Å². The maximum absolute atomic E-state index is 6.09. The van der Waals surface area contributed by atoms with E-state index in [1.807, 2.05) is 18.2 Å². The van der Waals surface area contributed by atoms with Gasteiger partial charge in [-0.1, -0.05) is 13.0 Å². The first-order valence-electron chi connectivity index (χ1n) is 8.10. The van der Waals surface area contributed by atoms with Crippen LogP contribution in [-0.4, -0.2) is 25.7 Å². The van der Waals surface area contributed by atoms with Crippen LogP contribution in [0.2, 0.25) is 0 Å². The second-order valence-electron chi connectivity index (χ2n) is 5.64. The highest BCUT2D eigenvalue weighted by Crippen LogP contribution is 2.32. The molecule has 0 aromatic heterocycles. The molecule has 0 spiro atoms. The van der Waals surface area contributed by atoms with Gasteiger partial charge in [-0.25, -0.2) is 4.99 Å². The van der Waals surface area contributed by atoms with E-state index in [4.69, 9.17) is 15.2 Å². The number of hydrogen-bond acceptors (Lipinski definition) is 3. The highest BCUT2D eigenvalue weighted by Gasteiger charge is 2.18. The largest absolute Gasteiger partial charge is 0.493 e. The normalized spacial score (nSPS) is 15.8. The molecule has 0 atom stereocenters. The maximum atomic E-state index is 6.09. The summed E-state index contributed by atoms with van der Waals surface area (Å²) >= 11 is 0. The van der Waals surface area contributed by atoms with Gasteiger partial charge in [-0.15, -0.1) is 0 Å². The molecular formula is C17H27N3O2. The van der Waals surface area contributed by atoms with Gasteiger partial charge in [0.1, 0.15) is 0 Å². The molecule has 1 aliphatic carbocycles. The standard InChI is InChI=1S/C17H27N3O2/c1-3-10-19-17(18)20-12-13-8-9-15(21-2)16(11-13)22-14-6-4-5-7-14/h8-9,11,14H,3-7,10,12H2,1-2H3,(H3,18,19,20). The van der Waals surface area contributed by atoms with Crippen molar-refractivity contribution in [2.45, 2.75) is 51.7 Å². The lowest BCUT2D eigenvalue weighted by molar-refractivity contribution is 0.200. The Morgan fingerprint density at radius 2 is 2.09 bits per heavy atom. The summed E-state index contributed by atoms with van der Waals surface area (Å²) in [6.45, 7) is 3.47. The number of aliphatic imine (C=N–C) groups is 1. The zero-order valence-corrected chi connectivity index (χ0v) is 13.6. The lowest BCUT2D eigenvalue weighted by Gasteiger charge is -2.16. The van der Waals surface area contributed by atoms with Crippen molar-refractivity contribution in [3.8, 4) is 11.5 Å². The van der Waals surface area contributed by atoms with Crippen molar-refractivity contribution in [3.63, 3.8) is 0 Å². The number of nitrogens with two attached hydrogens (primary N) is 1. The van der Waals surface area contributed by atoms with Crippen LogP contribution in [0.4, 0.5) is 0 Å². The average Bonchev–Trinajstić information content (AvgIpc) is 3.04. The van der Waals surface area contributed by atoms with Crippen LogP contribution in [0.25, 0.3) is 0 Å². The second kappa shape index (κ2) is 8.51. The van der Waals surface area contributed by atoms with Gasteiger partial charge in [0.2, 0.25) is 0 Å². The summed E-state index contributed by atoms with van der Waals surface area (Å²) < 4.78 is 11.5. The molecule has 0 aliphatic heterocycles. The summed E-state index contributed by atoms with van der Waals surface area (Å²) in [6, 6.07) is 5.94. The van der Waals surface area contributed by atoms with Crippen molar-refractivity contribution in [1.29, 1.82) is 0 Å². The minimum Gasteiger partial charge on any atom is -0.493 e. The molecule has 5 heteroatoms. The number of guanidine groups is 1. The van der Waals surface area contributed by atoms with Crippen LogP contribution >= 0.6 is 0 Å². The van der Waals surface area contributed by atoms with Crippen LogP contribution in [0.5, 0.6) is 11.5 Å². The first kappa shape index (κ1) is 16.5. The number of benzene rings is 1. The van der Waals surface area contributed by atoms with Crippen molar-refractivity contribution in [2.24, 2.45) is 10.7 Å². The fourth-order valence-electron chi connectivity index (χ4n) is 2.58. The molecule has 0 bridgehead atoms. The van der Waals surface area contributed by atoms with Crippen LogP contribution < -0.4 is 20.5 Å². The van der Waals surface area contributed by atoms with E-state index in [-0.39, 0.29) is 0 Å². The van der Waals surface area contributed by atoms with Gasteiger partial charge in [-0.2, -0.15) is 0 Å². The van der Waals surface area contributed by atoms with E-state index in [1.165, 1.54) is 12.8 Å². The van der Waals surface area contributed by atoms with E-state index in [0.717, 1.165) is 42.9 Å². The molecule has 0 radical (unpaired) electrons. The third-order valence-corrected chi connectivity index (χ3v) is 3.81. The van der Waals surface area contributed by atoms with Gasteiger partial charge in [0.05, 0.1) is 19.8 Å². The van der Waals surface area contributed by atoms with Gasteiger partial charge in [0.15, 0.2) is 17.5 Å². The molecule has 0 heterocycles. The summed E-state index contributed by atoms with van der Waals surface area (Å²) in [5.41, 5.74) is 6.88. The van der Waals surface area contributed by atoms with Crippen molar-refractivity contribution < 1.29 is 9.47 Å². The van der Waals surface area contributed by atoms with Crippen LogP contribution in [0, 0.1) is 0 Å². The van der Waals surface area contributed by atoms with E-state index < -0.39 is 0 Å². The number of ether oxygens (including phenoxy) is 2. The Morgan fingerprint density at radius 1 is 1.32 bits per heavy atom. The number of nitrogens with zero attached hydrogens (tertiary/aromatic N) is 1. The topological polar surface area (TPSA) is 68.9 Å². The molecule has 1 fully saturated rings. The molecule has 22 heavy (non-hydrogen) atoms. The third kappa shape index (κ3) is 4.83. The minimum atomic E-state index is 0.309. The SMILES string of the molecule is CCCNC(N)=NCc1ccc(OC)c(OC2CCCC2)c1. The molecule has 0 unspecified atom stereocenters. The zero-order valence-electron chi connectivity index (χ0n) is 13.6. The quantitative estimate of drug-likeness (QED) is 0.600. The van der Waals surface area contributed by atoms with E-state index >= 15 is 0 Å². The number of nitrogens with one attached hydrogen (secondary N) is 1. The van der Waals surface area contributed by atoms with E-state index in [1.54, 1.807) is 7.11 Å². The molecule has 0 amide bonds. The lowest BCUT2D eigenvalue weighted by atomic mass is 10.2. The summed E-state index contributed by atoms with van der Waals surface area (Å²) in [6.07, 6.45) is 6.08. The Balaban J connectivity index is 2.02. The summed E-state index contributed by atoms with van der Waals surface area (Å²) in [5.74, 6) is 2.06. The Hall–Kier alpha value is -1.91. The molecular weight excluding hydrogens is 278 g/mol. The van der Waals surface area contributed by atoms with Crippen LogP contribution in [0.3, 0.4) is 0 Å². The maximum Gasteiger partial charge on any atom is 0.188 e. The van der Waals surface area contributed by atoms with Gasteiger partial charge in [0.25, 0.3) is 0 Å². The molecule has 5 nitrogen and oxygen atoms in total. The van der Waals surface area contributed by atoms with Crippen molar-refractivity contribution in [3.05, 3.63) is 23.8 Å². The number of methoxy groups -OCH3 is 1. The van der Waals surface area contributed by atoms with Gasteiger partial charge in [-0.3, -0.25) is 0 Å². The average molecular weight is 305 g/mol. The van der Waals surface area contributed by atoms with Crippen molar-refractivity contribution >= 4 is 5.96 Å². The molecule has 122 valence electrons. The van der Waals surface area contributed by atoms with E-state index in [0.29, 0.717) is 18.6 Å². The molecule has 1 aromatic rings. The van der Waals surface area contributed by atoms with Gasteiger partial charge in [0, 0.05) is 6.54 Å². The Labute approximate surface area is 132 Å². The van der Waals surface area contributed by atoms with E-state index in [9.17, 15) is 0 Å². The van der Waals surface area contributed by atoms with Crippen LogP contribution in [0.1, 0.15) is 44.6 Å². The smallest absolute Gasteiger partial charge is 0.188 e. The first-order chi connectivity index (χ1) is 10.7. The van der Waals surface area contributed by atoms with Gasteiger partial charge in [-0.05, 0) is 49.8 Å². The first-order valence-corrected chi connectivity index (χ1v) is 8.10. The number of rotatable bonds is 7. The fraction of sp³-hybridized carbons (Fsp3) is 0.588. The fourth-order valence-corrected chi connectivity index (χ4v) is 2.58. The highest BCUT2D eigenvalue weighted by atomic mass is 16.5. The summed E-state index contributed by atoms with van der Waals surface area (Å²) in [7, 11) is 1.67. The Morgan fingerprint density at radius 3 is 2.77 bits per heavy atom. The molecule has 3 N–H and O–H groups in total. The molecule has 1 saturated carbocycles. The lowest BCUT2D eigenvalue weighted by Crippen LogP contribution is -2.32. The predicted molar refractivity (Wildman–Crippen MR) is 89.5 cm³/mol. The van der Waals surface area contributed by atoms with Crippen molar-refractivity contribution in [1.82, 2.24) is 5.32 Å². The van der Waals surface area contributed by atoms with Gasteiger partial charge >= 0.3 is 0 Å². The Bertz CT molecular complexity index is 497. The number of hydrogen-bond donors (Lipinski definition) is 2. The highest BCUT2D eigenvalue weighted by molar-refractivity contribution is 5.77. The summed E-state index contributed by atoms with van der Waals surface area (Å²) in [4.78, 5) is 4.35. The van der Waals surface area contributed by atoms with E-state index in [2.05, 4.69) is 17.2 Å². The molecule has 0 saturated heterocycles. The molecule has 1 aromatic carbocycles. The monoisotopic (exact) mass is 305 g/mol. The minimum absolute atomic E-state index is 0.309. The van der Waals surface area contributed by atoms with Crippen molar-refractivity contribution in [2.75, 3.05) is 13.7 Å². The Kier molecular flexibility index (Phi) is 6.37. The second-order valence-corrected chi connectivity index (χ2v) is 5.64. The van der Waals surface area contributed by atoms with Crippen LogP contribution in [-0.2, 0) is 6.54 Å². The third-order valence-electron chi connectivity index (χ3n) is 3.81. The summed E-state index contributed by atoms with van der Waals surface area (Å²) in [5, 5.41) is 3.07. The predicted octanol–water partition coefficient (Wildman–Crippen LogP) is 2.83. The molecule has 2 rings (SSSR count).